The monoisotopic (exact) mass is 445 g/mol. The van der Waals surface area contributed by atoms with E-state index in [9.17, 15) is 0 Å². The van der Waals surface area contributed by atoms with Gasteiger partial charge in [-0.1, -0.05) is 54.6 Å². The van der Waals surface area contributed by atoms with Crippen LogP contribution in [0.5, 0.6) is 0 Å². The summed E-state index contributed by atoms with van der Waals surface area (Å²) < 4.78 is 2.23. The minimum Gasteiger partial charge on any atom is -0.276 e. The molecule has 3 nitrogen and oxygen atoms in total. The predicted octanol–water partition coefficient (Wildman–Crippen LogP) is 7.33. The van der Waals surface area contributed by atoms with Crippen LogP contribution < -0.4 is 0 Å². The third-order valence-electron chi connectivity index (χ3n) is 8.13. The molecule has 0 aliphatic heterocycles. The fourth-order valence-electron chi connectivity index (χ4n) is 6.68. The maximum Gasteiger partial charge on any atom is 0.147 e. The molecule has 0 N–H and O–H groups in total. The van der Waals surface area contributed by atoms with Crippen LogP contribution in [0.25, 0.3) is 60.7 Å². The van der Waals surface area contributed by atoms with Crippen molar-refractivity contribution in [1.29, 1.82) is 0 Å². The molecule has 3 heterocycles. The molecule has 162 valence electrons. The van der Waals surface area contributed by atoms with E-state index in [1.807, 2.05) is 6.20 Å². The SMILES string of the molecule is c1ccc2c(c1)Cc1c-2ccc2c1Cc1c-2ccc2c1c1cccnc1n1c3ccccc3nc21. The second kappa shape index (κ2) is 6.13. The van der Waals surface area contributed by atoms with Crippen LogP contribution in [0.2, 0.25) is 0 Å². The van der Waals surface area contributed by atoms with Gasteiger partial charge in [0.25, 0.3) is 0 Å². The number of imidazole rings is 1. The normalized spacial score (nSPS) is 13.5. The molecule has 0 amide bonds. The molecule has 3 aromatic heterocycles. The summed E-state index contributed by atoms with van der Waals surface area (Å²) in [5, 5.41) is 3.70. The first kappa shape index (κ1) is 17.9. The zero-order valence-corrected chi connectivity index (χ0v) is 18.9. The summed E-state index contributed by atoms with van der Waals surface area (Å²) in [6.07, 6.45) is 3.88. The zero-order valence-electron chi connectivity index (χ0n) is 18.9. The molecule has 4 aromatic carbocycles. The Hall–Kier alpha value is -4.50. The van der Waals surface area contributed by atoms with Gasteiger partial charge in [-0.05, 0) is 87.7 Å². The maximum atomic E-state index is 5.08. The van der Waals surface area contributed by atoms with Crippen LogP contribution in [0.15, 0.2) is 91.1 Å². The Balaban J connectivity index is 1.39. The number of hydrogen-bond donors (Lipinski definition) is 0. The number of hydrogen-bond acceptors (Lipinski definition) is 2. The molecule has 0 spiro atoms. The first-order chi connectivity index (χ1) is 17.4. The van der Waals surface area contributed by atoms with Crippen molar-refractivity contribution in [3.8, 4) is 22.3 Å². The van der Waals surface area contributed by atoms with E-state index in [4.69, 9.17) is 9.97 Å². The van der Waals surface area contributed by atoms with Crippen LogP contribution in [-0.4, -0.2) is 14.4 Å². The van der Waals surface area contributed by atoms with Gasteiger partial charge in [0, 0.05) is 22.4 Å². The molecule has 0 saturated heterocycles. The lowest BCUT2D eigenvalue weighted by atomic mass is 9.96. The molecular formula is C32H19N3. The van der Waals surface area contributed by atoms with Crippen molar-refractivity contribution in [2.45, 2.75) is 12.8 Å². The molecule has 2 aliphatic rings. The van der Waals surface area contributed by atoms with Crippen LogP contribution in [0.4, 0.5) is 0 Å². The van der Waals surface area contributed by atoms with Crippen LogP contribution in [0.3, 0.4) is 0 Å². The van der Waals surface area contributed by atoms with Crippen LogP contribution in [0, 0.1) is 0 Å². The zero-order chi connectivity index (χ0) is 22.7. The fraction of sp³-hybridized carbons (Fsp3) is 0.0625. The highest BCUT2D eigenvalue weighted by Crippen LogP contribution is 2.49. The van der Waals surface area contributed by atoms with Gasteiger partial charge in [0.05, 0.1) is 11.0 Å². The predicted molar refractivity (Wildman–Crippen MR) is 142 cm³/mol. The molecule has 0 fully saturated rings. The number of pyridine rings is 2. The number of nitrogens with zero attached hydrogens (tertiary/aromatic N) is 3. The molecule has 2 aliphatic carbocycles. The Morgan fingerprint density at radius 2 is 1.31 bits per heavy atom. The molecule has 9 rings (SSSR count). The van der Waals surface area contributed by atoms with Crippen molar-refractivity contribution in [2.75, 3.05) is 0 Å². The molecule has 0 bridgehead atoms. The molecule has 0 radical (unpaired) electrons. The van der Waals surface area contributed by atoms with Gasteiger partial charge in [0.2, 0.25) is 0 Å². The van der Waals surface area contributed by atoms with Crippen molar-refractivity contribution in [1.82, 2.24) is 14.4 Å². The molecule has 3 heteroatoms. The number of aromatic nitrogens is 3. The number of benzene rings is 4. The summed E-state index contributed by atoms with van der Waals surface area (Å²) in [5.41, 5.74) is 15.5. The lowest BCUT2D eigenvalue weighted by Crippen LogP contribution is -1.96. The molecule has 0 atom stereocenters. The van der Waals surface area contributed by atoms with E-state index < -0.39 is 0 Å². The minimum atomic E-state index is 0.958. The van der Waals surface area contributed by atoms with Gasteiger partial charge >= 0.3 is 0 Å². The van der Waals surface area contributed by atoms with Crippen LogP contribution >= 0.6 is 0 Å². The van der Waals surface area contributed by atoms with E-state index in [0.717, 1.165) is 35.2 Å². The van der Waals surface area contributed by atoms with Crippen molar-refractivity contribution in [3.63, 3.8) is 0 Å². The van der Waals surface area contributed by atoms with Gasteiger partial charge in [-0.2, -0.15) is 0 Å². The summed E-state index contributed by atoms with van der Waals surface area (Å²) in [5.74, 6) is 0. The first-order valence-corrected chi connectivity index (χ1v) is 12.2. The van der Waals surface area contributed by atoms with E-state index in [0.29, 0.717) is 0 Å². The second-order valence-corrected chi connectivity index (χ2v) is 9.78. The van der Waals surface area contributed by atoms with E-state index in [-0.39, 0.29) is 0 Å². The Morgan fingerprint density at radius 3 is 2.29 bits per heavy atom. The third-order valence-corrected chi connectivity index (χ3v) is 8.13. The Bertz CT molecular complexity index is 2060. The third kappa shape index (κ3) is 2.12. The van der Waals surface area contributed by atoms with Crippen LogP contribution in [0.1, 0.15) is 22.3 Å². The van der Waals surface area contributed by atoms with Crippen molar-refractivity contribution >= 4 is 38.5 Å². The van der Waals surface area contributed by atoms with Gasteiger partial charge in [0.1, 0.15) is 11.3 Å². The quantitative estimate of drug-likeness (QED) is 0.229. The second-order valence-electron chi connectivity index (χ2n) is 9.78. The van der Waals surface area contributed by atoms with Crippen LogP contribution in [-0.2, 0) is 12.8 Å². The Kier molecular flexibility index (Phi) is 3.14. The summed E-state index contributed by atoms with van der Waals surface area (Å²) in [7, 11) is 0. The van der Waals surface area contributed by atoms with E-state index >= 15 is 0 Å². The summed E-state index contributed by atoms with van der Waals surface area (Å²) in [6, 6.07) is 30.8. The highest BCUT2D eigenvalue weighted by atomic mass is 15.1. The lowest BCUT2D eigenvalue weighted by molar-refractivity contribution is 1.17. The van der Waals surface area contributed by atoms with E-state index in [1.165, 1.54) is 60.7 Å². The van der Waals surface area contributed by atoms with Crippen molar-refractivity contribution in [2.24, 2.45) is 0 Å². The summed E-state index contributed by atoms with van der Waals surface area (Å²) >= 11 is 0. The largest absolute Gasteiger partial charge is 0.276 e. The summed E-state index contributed by atoms with van der Waals surface area (Å²) in [6.45, 7) is 0. The highest BCUT2D eigenvalue weighted by molar-refractivity contribution is 6.16. The molecule has 0 saturated carbocycles. The highest BCUT2D eigenvalue weighted by Gasteiger charge is 2.30. The standard InChI is InChI=1S/C32H19N3/c1-2-7-19-18(6-1)16-25-20(19)11-12-21-22-13-14-24-30(27(22)17-26(21)25)23-8-5-15-33-31(23)35-29-10-4-3-9-28(29)34-32(24)35/h1-15H,16-17H2. The van der Waals surface area contributed by atoms with Crippen molar-refractivity contribution < 1.29 is 0 Å². The number of para-hydroxylation sites is 2. The molecule has 35 heavy (non-hydrogen) atoms. The topological polar surface area (TPSA) is 30.2 Å². The molecular weight excluding hydrogens is 426 g/mol. The Labute approximate surface area is 201 Å². The smallest absolute Gasteiger partial charge is 0.147 e. The van der Waals surface area contributed by atoms with Crippen molar-refractivity contribution in [3.05, 3.63) is 113 Å². The average molecular weight is 446 g/mol. The molecule has 7 aromatic rings. The minimum absolute atomic E-state index is 0.958. The lowest BCUT2D eigenvalue weighted by Gasteiger charge is -2.12. The van der Waals surface area contributed by atoms with Gasteiger partial charge in [-0.3, -0.25) is 4.40 Å². The number of rotatable bonds is 0. The van der Waals surface area contributed by atoms with E-state index in [1.54, 1.807) is 0 Å². The maximum absolute atomic E-state index is 5.08. The first-order valence-electron chi connectivity index (χ1n) is 12.2. The van der Waals surface area contributed by atoms with Gasteiger partial charge in [-0.25, -0.2) is 9.97 Å². The molecule has 0 unspecified atom stereocenters. The average Bonchev–Trinajstić information content (AvgIpc) is 3.59. The van der Waals surface area contributed by atoms with Gasteiger partial charge in [-0.15, -0.1) is 0 Å². The fourth-order valence-corrected chi connectivity index (χ4v) is 6.68. The summed E-state index contributed by atoms with van der Waals surface area (Å²) in [4.78, 5) is 9.94. The van der Waals surface area contributed by atoms with E-state index in [2.05, 4.69) is 89.3 Å². The van der Waals surface area contributed by atoms with Gasteiger partial charge < -0.3 is 0 Å². The number of fused-ring (bicyclic) bond motifs is 16. The Morgan fingerprint density at radius 1 is 0.571 bits per heavy atom. The van der Waals surface area contributed by atoms with Gasteiger partial charge in [0.15, 0.2) is 0 Å².